The fourth-order valence-corrected chi connectivity index (χ4v) is 5.08. The first kappa shape index (κ1) is 21.4. The van der Waals surface area contributed by atoms with Gasteiger partial charge in [-0.1, -0.05) is 12.1 Å². The van der Waals surface area contributed by atoms with Gasteiger partial charge in [-0.2, -0.15) is 16.1 Å². The van der Waals surface area contributed by atoms with Gasteiger partial charge in [-0.15, -0.1) is 0 Å². The number of amides is 2. The van der Waals surface area contributed by atoms with Crippen molar-refractivity contribution in [1.82, 2.24) is 15.2 Å². The Morgan fingerprint density at radius 3 is 1.86 bits per heavy atom. The first-order valence-electron chi connectivity index (χ1n) is 9.20. The quantitative estimate of drug-likeness (QED) is 0.682. The van der Waals surface area contributed by atoms with E-state index in [1.165, 1.54) is 28.6 Å². The minimum atomic E-state index is -3.52. The zero-order chi connectivity index (χ0) is 20.9. The number of hydrogen-bond acceptors (Lipinski definition) is 5. The molecule has 0 atom stereocenters. The number of hydrogen-bond donors (Lipinski definition) is 2. The standard InChI is InChI=1S/C20H23N3O4S2/c1-28-14-15-4-6-16(7-5-15)19(24)21-22-20(25)17-8-10-18(11-9-17)29(26,27)23-12-2-3-13-23/h4-11H,2-3,12-14H2,1H3,(H,21,24)(H,22,25). The van der Waals surface area contributed by atoms with Crippen LogP contribution in [0.1, 0.15) is 39.1 Å². The van der Waals surface area contributed by atoms with Gasteiger partial charge in [0.25, 0.3) is 11.8 Å². The van der Waals surface area contributed by atoms with Crippen molar-refractivity contribution in [3.8, 4) is 0 Å². The Hall–Kier alpha value is -2.36. The number of carbonyl (C=O) groups excluding carboxylic acids is 2. The molecule has 7 nitrogen and oxygen atoms in total. The van der Waals surface area contributed by atoms with Gasteiger partial charge in [0.1, 0.15) is 0 Å². The summed E-state index contributed by atoms with van der Waals surface area (Å²) in [6, 6.07) is 12.8. The summed E-state index contributed by atoms with van der Waals surface area (Å²) in [5.74, 6) is -0.0907. The van der Waals surface area contributed by atoms with Crippen LogP contribution in [0.15, 0.2) is 53.4 Å². The number of nitrogens with one attached hydrogen (secondary N) is 2. The molecule has 1 heterocycles. The Morgan fingerprint density at radius 1 is 0.897 bits per heavy atom. The van der Waals surface area contributed by atoms with Gasteiger partial charge in [0.15, 0.2) is 0 Å². The third-order valence-corrected chi connectivity index (χ3v) is 7.17. The van der Waals surface area contributed by atoms with Gasteiger partial charge in [-0.25, -0.2) is 8.42 Å². The number of carbonyl (C=O) groups is 2. The van der Waals surface area contributed by atoms with Crippen LogP contribution in [0.5, 0.6) is 0 Å². The van der Waals surface area contributed by atoms with Crippen molar-refractivity contribution in [2.75, 3.05) is 19.3 Å². The fourth-order valence-electron chi connectivity index (χ4n) is 3.03. The summed E-state index contributed by atoms with van der Waals surface area (Å²) in [5, 5.41) is 0. The average molecular weight is 434 g/mol. The minimum absolute atomic E-state index is 0.158. The lowest BCUT2D eigenvalue weighted by atomic mass is 10.1. The Balaban J connectivity index is 1.58. The van der Waals surface area contributed by atoms with E-state index >= 15 is 0 Å². The number of thioether (sulfide) groups is 1. The molecule has 154 valence electrons. The Morgan fingerprint density at radius 2 is 1.38 bits per heavy atom. The van der Waals surface area contributed by atoms with Crippen LogP contribution < -0.4 is 10.9 Å². The molecular formula is C20H23N3O4S2. The van der Waals surface area contributed by atoms with Crippen LogP contribution >= 0.6 is 11.8 Å². The van der Waals surface area contributed by atoms with E-state index in [-0.39, 0.29) is 10.5 Å². The van der Waals surface area contributed by atoms with E-state index in [9.17, 15) is 18.0 Å². The van der Waals surface area contributed by atoms with E-state index in [1.54, 1.807) is 23.9 Å². The molecule has 0 aromatic heterocycles. The van der Waals surface area contributed by atoms with E-state index in [2.05, 4.69) is 10.9 Å². The van der Waals surface area contributed by atoms with Crippen molar-refractivity contribution in [1.29, 1.82) is 0 Å². The molecule has 29 heavy (non-hydrogen) atoms. The highest BCUT2D eigenvalue weighted by molar-refractivity contribution is 7.97. The smallest absolute Gasteiger partial charge is 0.267 e. The van der Waals surface area contributed by atoms with E-state index in [0.29, 0.717) is 18.7 Å². The predicted octanol–water partition coefficient (Wildman–Crippen LogP) is 2.41. The second-order valence-electron chi connectivity index (χ2n) is 6.67. The van der Waals surface area contributed by atoms with Gasteiger partial charge in [-0.3, -0.25) is 20.4 Å². The molecule has 0 radical (unpaired) electrons. The molecule has 1 aliphatic rings. The molecule has 2 aromatic rings. The molecule has 2 amide bonds. The zero-order valence-corrected chi connectivity index (χ0v) is 17.7. The summed E-state index contributed by atoms with van der Waals surface area (Å²) in [5.41, 5.74) is 6.51. The maximum absolute atomic E-state index is 12.5. The summed E-state index contributed by atoms with van der Waals surface area (Å²) in [6.45, 7) is 1.05. The molecule has 0 spiro atoms. The highest BCUT2D eigenvalue weighted by Gasteiger charge is 2.27. The minimum Gasteiger partial charge on any atom is -0.267 e. The molecule has 9 heteroatoms. The molecule has 1 saturated heterocycles. The first-order valence-corrected chi connectivity index (χ1v) is 12.0. The maximum atomic E-state index is 12.5. The van der Waals surface area contributed by atoms with Crippen LogP contribution in [0.3, 0.4) is 0 Å². The molecule has 0 unspecified atom stereocenters. The Kier molecular flexibility index (Phi) is 6.94. The maximum Gasteiger partial charge on any atom is 0.269 e. The predicted molar refractivity (Wildman–Crippen MR) is 113 cm³/mol. The van der Waals surface area contributed by atoms with Crippen LogP contribution in [-0.4, -0.2) is 43.9 Å². The molecule has 0 bridgehead atoms. The summed E-state index contributed by atoms with van der Waals surface area (Å²) < 4.78 is 26.5. The van der Waals surface area contributed by atoms with E-state index in [0.717, 1.165) is 24.2 Å². The normalized spacial score (nSPS) is 14.5. The fraction of sp³-hybridized carbons (Fsp3) is 0.300. The molecule has 0 saturated carbocycles. The number of nitrogens with zero attached hydrogens (tertiary/aromatic N) is 1. The first-order chi connectivity index (χ1) is 13.9. The van der Waals surface area contributed by atoms with Gasteiger partial charge in [-0.05, 0) is 61.1 Å². The van der Waals surface area contributed by atoms with Crippen molar-refractivity contribution < 1.29 is 18.0 Å². The van der Waals surface area contributed by atoms with Crippen molar-refractivity contribution in [3.05, 3.63) is 65.2 Å². The van der Waals surface area contributed by atoms with Crippen molar-refractivity contribution in [2.24, 2.45) is 0 Å². The molecule has 2 N–H and O–H groups in total. The largest absolute Gasteiger partial charge is 0.269 e. The second kappa shape index (κ2) is 9.43. The van der Waals surface area contributed by atoms with Crippen molar-refractivity contribution >= 4 is 33.6 Å². The lowest BCUT2D eigenvalue weighted by Crippen LogP contribution is -2.41. The van der Waals surface area contributed by atoms with E-state index < -0.39 is 21.8 Å². The molecular weight excluding hydrogens is 410 g/mol. The van der Waals surface area contributed by atoms with Crippen LogP contribution in [0.4, 0.5) is 0 Å². The van der Waals surface area contributed by atoms with Gasteiger partial charge in [0.05, 0.1) is 4.90 Å². The van der Waals surface area contributed by atoms with Crippen LogP contribution in [-0.2, 0) is 15.8 Å². The third kappa shape index (κ3) is 5.17. The number of rotatable bonds is 6. The van der Waals surface area contributed by atoms with E-state index in [4.69, 9.17) is 0 Å². The summed E-state index contributed by atoms with van der Waals surface area (Å²) in [6.07, 6.45) is 3.73. The number of benzene rings is 2. The number of hydrazine groups is 1. The van der Waals surface area contributed by atoms with Crippen molar-refractivity contribution in [3.63, 3.8) is 0 Å². The third-order valence-electron chi connectivity index (χ3n) is 4.64. The van der Waals surface area contributed by atoms with Crippen LogP contribution in [0.2, 0.25) is 0 Å². The highest BCUT2D eigenvalue weighted by Crippen LogP contribution is 2.21. The van der Waals surface area contributed by atoms with Gasteiger partial charge in [0, 0.05) is 30.0 Å². The summed E-state index contributed by atoms with van der Waals surface area (Å²) in [4.78, 5) is 24.6. The average Bonchev–Trinajstić information content (AvgIpc) is 3.28. The molecule has 2 aromatic carbocycles. The number of sulfonamides is 1. The summed E-state index contributed by atoms with van der Waals surface area (Å²) >= 11 is 1.69. The molecule has 3 rings (SSSR count). The van der Waals surface area contributed by atoms with Crippen LogP contribution in [0.25, 0.3) is 0 Å². The zero-order valence-electron chi connectivity index (χ0n) is 16.1. The van der Waals surface area contributed by atoms with Gasteiger partial charge < -0.3 is 0 Å². The Bertz CT molecular complexity index is 968. The van der Waals surface area contributed by atoms with E-state index in [1.807, 2.05) is 18.4 Å². The molecule has 0 aliphatic carbocycles. The SMILES string of the molecule is CSCc1ccc(C(=O)NNC(=O)c2ccc(S(=O)(=O)N3CCCC3)cc2)cc1. The van der Waals surface area contributed by atoms with Crippen LogP contribution in [0, 0.1) is 0 Å². The van der Waals surface area contributed by atoms with Gasteiger partial charge >= 0.3 is 0 Å². The highest BCUT2D eigenvalue weighted by atomic mass is 32.2. The summed E-state index contributed by atoms with van der Waals surface area (Å²) in [7, 11) is -3.52. The van der Waals surface area contributed by atoms with Crippen molar-refractivity contribution in [2.45, 2.75) is 23.5 Å². The Labute approximate surface area is 174 Å². The van der Waals surface area contributed by atoms with Gasteiger partial charge in [0.2, 0.25) is 10.0 Å². The monoisotopic (exact) mass is 433 g/mol. The lowest BCUT2D eigenvalue weighted by Gasteiger charge is -2.15. The topological polar surface area (TPSA) is 95.6 Å². The molecule has 1 aliphatic heterocycles. The lowest BCUT2D eigenvalue weighted by molar-refractivity contribution is 0.0846. The molecule has 1 fully saturated rings. The second-order valence-corrected chi connectivity index (χ2v) is 9.48.